The number of hydrogen-bond donors (Lipinski definition) is 1. The Morgan fingerprint density at radius 1 is 1.30 bits per heavy atom. The van der Waals surface area contributed by atoms with Crippen molar-refractivity contribution in [3.05, 3.63) is 29.4 Å². The molecule has 1 aromatic carbocycles. The van der Waals surface area contributed by atoms with Gasteiger partial charge in [-0.25, -0.2) is 0 Å². The number of anilines is 1. The van der Waals surface area contributed by atoms with Crippen molar-refractivity contribution in [3.63, 3.8) is 0 Å². The second-order valence-corrected chi connectivity index (χ2v) is 7.56. The first-order valence-corrected chi connectivity index (χ1v) is 10.7. The van der Waals surface area contributed by atoms with Crippen LogP contribution in [0.25, 0.3) is 11.4 Å². The Morgan fingerprint density at radius 3 is 2.80 bits per heavy atom. The van der Waals surface area contributed by atoms with Crippen LogP contribution in [-0.2, 0) is 18.4 Å². The normalized spacial score (nSPS) is 10.8. The maximum Gasteiger partial charge on any atom is 0.243 e. The van der Waals surface area contributed by atoms with Gasteiger partial charge in [0.15, 0.2) is 11.0 Å². The fraction of sp³-hybridized carbons (Fsp3) is 0.368. The van der Waals surface area contributed by atoms with Crippen LogP contribution in [-0.4, -0.2) is 49.9 Å². The first kappa shape index (κ1) is 22.0. The number of rotatable bonds is 9. The number of ether oxygens (including phenoxy) is 2. The summed E-state index contributed by atoms with van der Waals surface area (Å²) in [6.45, 7) is 5.12. The Kier molecular flexibility index (Phi) is 7.22. The van der Waals surface area contributed by atoms with Gasteiger partial charge >= 0.3 is 0 Å². The van der Waals surface area contributed by atoms with E-state index < -0.39 is 0 Å². The number of carbonyl (C=O) groups excluding carboxylic acids is 1. The SMILES string of the molecule is CCOc1nn(CC)cc1-c1nnc(SCC(=O)Nc2cc(Cl)ccc2OC)n1C. The number of aromatic nitrogens is 5. The average molecular weight is 451 g/mol. The number of hydrogen-bond acceptors (Lipinski definition) is 7. The summed E-state index contributed by atoms with van der Waals surface area (Å²) in [7, 11) is 3.38. The van der Waals surface area contributed by atoms with Gasteiger partial charge in [0.05, 0.1) is 25.2 Å². The van der Waals surface area contributed by atoms with E-state index in [1.165, 1.54) is 18.9 Å². The van der Waals surface area contributed by atoms with E-state index in [1.54, 1.807) is 22.9 Å². The molecule has 0 radical (unpaired) electrons. The highest BCUT2D eigenvalue weighted by atomic mass is 35.5. The van der Waals surface area contributed by atoms with Crippen molar-refractivity contribution < 1.29 is 14.3 Å². The van der Waals surface area contributed by atoms with Crippen molar-refractivity contribution >= 4 is 35.0 Å². The van der Waals surface area contributed by atoms with Crippen LogP contribution >= 0.6 is 23.4 Å². The van der Waals surface area contributed by atoms with E-state index in [0.717, 1.165) is 5.56 Å². The molecule has 2 aromatic heterocycles. The summed E-state index contributed by atoms with van der Waals surface area (Å²) in [4.78, 5) is 12.4. The number of amides is 1. The molecular weight excluding hydrogens is 428 g/mol. The van der Waals surface area contributed by atoms with Gasteiger partial charge in [-0.05, 0) is 32.0 Å². The monoisotopic (exact) mass is 450 g/mol. The van der Waals surface area contributed by atoms with E-state index in [-0.39, 0.29) is 11.7 Å². The number of nitrogens with zero attached hydrogens (tertiary/aromatic N) is 5. The highest BCUT2D eigenvalue weighted by Gasteiger charge is 2.20. The largest absolute Gasteiger partial charge is 0.495 e. The van der Waals surface area contributed by atoms with Gasteiger partial charge in [0.25, 0.3) is 0 Å². The number of aryl methyl sites for hydroxylation is 1. The average Bonchev–Trinajstić information content (AvgIpc) is 3.29. The summed E-state index contributed by atoms with van der Waals surface area (Å²) in [5.41, 5.74) is 1.27. The molecule has 0 saturated carbocycles. The molecule has 9 nitrogen and oxygen atoms in total. The summed E-state index contributed by atoms with van der Waals surface area (Å²) in [6, 6.07) is 5.04. The lowest BCUT2D eigenvalue weighted by Crippen LogP contribution is -2.15. The fourth-order valence-electron chi connectivity index (χ4n) is 2.73. The predicted octanol–water partition coefficient (Wildman–Crippen LogP) is 3.49. The molecule has 3 rings (SSSR count). The van der Waals surface area contributed by atoms with Crippen LogP contribution in [0, 0.1) is 0 Å². The zero-order valence-electron chi connectivity index (χ0n) is 17.2. The molecule has 1 N–H and O–H groups in total. The molecule has 2 heterocycles. The van der Waals surface area contributed by atoms with E-state index in [9.17, 15) is 4.79 Å². The Labute approximate surface area is 183 Å². The summed E-state index contributed by atoms with van der Waals surface area (Å²) in [5.74, 6) is 1.61. The van der Waals surface area contributed by atoms with Crippen molar-refractivity contribution in [3.8, 4) is 23.0 Å². The standard InChI is InChI=1S/C19H23ClN6O3S/c1-5-26-10-13(18(24-26)29-6-2)17-22-23-19(25(17)3)30-11-16(27)21-14-9-12(20)7-8-15(14)28-4/h7-10H,5-6,11H2,1-4H3,(H,21,27). The molecule has 160 valence electrons. The highest BCUT2D eigenvalue weighted by molar-refractivity contribution is 7.99. The maximum atomic E-state index is 12.4. The molecule has 0 saturated heterocycles. The lowest BCUT2D eigenvalue weighted by atomic mass is 10.3. The summed E-state index contributed by atoms with van der Waals surface area (Å²) < 4.78 is 14.5. The van der Waals surface area contributed by atoms with Crippen LogP contribution in [0.5, 0.6) is 11.6 Å². The Bertz CT molecular complexity index is 1040. The number of nitrogens with one attached hydrogen (secondary N) is 1. The van der Waals surface area contributed by atoms with Gasteiger partial charge in [0.1, 0.15) is 11.3 Å². The van der Waals surface area contributed by atoms with Gasteiger partial charge in [-0.15, -0.1) is 15.3 Å². The molecule has 0 spiro atoms. The topological polar surface area (TPSA) is 96.1 Å². The Morgan fingerprint density at radius 2 is 2.10 bits per heavy atom. The van der Waals surface area contributed by atoms with Crippen LogP contribution < -0.4 is 14.8 Å². The van der Waals surface area contributed by atoms with Crippen LogP contribution in [0.15, 0.2) is 29.6 Å². The first-order chi connectivity index (χ1) is 14.5. The molecular formula is C19H23ClN6O3S. The summed E-state index contributed by atoms with van der Waals surface area (Å²) >= 11 is 7.28. The molecule has 0 aliphatic carbocycles. The fourth-order valence-corrected chi connectivity index (χ4v) is 3.61. The second-order valence-electron chi connectivity index (χ2n) is 6.18. The van der Waals surface area contributed by atoms with Crippen LogP contribution in [0.3, 0.4) is 0 Å². The van der Waals surface area contributed by atoms with E-state index in [4.69, 9.17) is 21.1 Å². The molecule has 0 aliphatic heterocycles. The molecule has 0 bridgehead atoms. The number of methoxy groups -OCH3 is 1. The third-order valence-electron chi connectivity index (χ3n) is 4.18. The van der Waals surface area contributed by atoms with Crippen LogP contribution in [0.1, 0.15) is 13.8 Å². The lowest BCUT2D eigenvalue weighted by Gasteiger charge is -2.10. The van der Waals surface area contributed by atoms with Gasteiger partial charge in [-0.2, -0.15) is 0 Å². The predicted molar refractivity (Wildman–Crippen MR) is 116 cm³/mol. The van der Waals surface area contributed by atoms with Crippen molar-refractivity contribution in [1.29, 1.82) is 0 Å². The van der Waals surface area contributed by atoms with Crippen molar-refractivity contribution in [2.75, 3.05) is 24.8 Å². The van der Waals surface area contributed by atoms with E-state index in [1.807, 2.05) is 31.7 Å². The Hall–Kier alpha value is -2.72. The molecule has 0 atom stereocenters. The zero-order valence-corrected chi connectivity index (χ0v) is 18.8. The quantitative estimate of drug-likeness (QED) is 0.498. The van der Waals surface area contributed by atoms with E-state index in [0.29, 0.717) is 46.5 Å². The molecule has 0 unspecified atom stereocenters. The van der Waals surface area contributed by atoms with Crippen LogP contribution in [0.4, 0.5) is 5.69 Å². The lowest BCUT2D eigenvalue weighted by molar-refractivity contribution is -0.113. The van der Waals surface area contributed by atoms with Gasteiger partial charge in [0.2, 0.25) is 11.8 Å². The molecule has 1 amide bonds. The zero-order chi connectivity index (χ0) is 21.7. The van der Waals surface area contributed by atoms with Gasteiger partial charge in [-0.3, -0.25) is 9.48 Å². The maximum absolute atomic E-state index is 12.4. The number of carbonyl (C=O) groups is 1. The Balaban J connectivity index is 1.71. The third-order valence-corrected chi connectivity index (χ3v) is 5.43. The minimum absolute atomic E-state index is 0.147. The molecule has 3 aromatic rings. The molecule has 11 heteroatoms. The second kappa shape index (κ2) is 9.86. The van der Waals surface area contributed by atoms with Crippen LogP contribution in [0.2, 0.25) is 5.02 Å². The van der Waals surface area contributed by atoms with Gasteiger partial charge in [-0.1, -0.05) is 23.4 Å². The molecule has 30 heavy (non-hydrogen) atoms. The molecule has 0 aliphatic rings. The van der Waals surface area contributed by atoms with Gasteiger partial charge in [0, 0.05) is 24.8 Å². The van der Waals surface area contributed by atoms with Crippen molar-refractivity contribution in [2.45, 2.75) is 25.5 Å². The minimum Gasteiger partial charge on any atom is -0.495 e. The number of halogens is 1. The highest BCUT2D eigenvalue weighted by Crippen LogP contribution is 2.30. The summed E-state index contributed by atoms with van der Waals surface area (Å²) in [6.07, 6.45) is 1.88. The minimum atomic E-state index is -0.209. The summed E-state index contributed by atoms with van der Waals surface area (Å²) in [5, 5.41) is 16.8. The third kappa shape index (κ3) is 4.88. The number of thioether (sulfide) groups is 1. The van der Waals surface area contributed by atoms with Crippen molar-refractivity contribution in [2.24, 2.45) is 7.05 Å². The van der Waals surface area contributed by atoms with Gasteiger partial charge < -0.3 is 19.4 Å². The first-order valence-electron chi connectivity index (χ1n) is 9.33. The van der Waals surface area contributed by atoms with Crippen molar-refractivity contribution in [1.82, 2.24) is 24.5 Å². The number of benzene rings is 1. The van der Waals surface area contributed by atoms with E-state index in [2.05, 4.69) is 20.6 Å². The van der Waals surface area contributed by atoms with E-state index >= 15 is 0 Å². The molecule has 0 fully saturated rings. The smallest absolute Gasteiger partial charge is 0.243 e.